The summed E-state index contributed by atoms with van der Waals surface area (Å²) in [6.45, 7) is 0. The number of aromatic amines is 1. The molecule has 0 bridgehead atoms. The van der Waals surface area contributed by atoms with E-state index in [1.165, 1.54) is 6.07 Å². The smallest absolute Gasteiger partial charge is 0.228 e. The molecule has 2 N–H and O–H groups in total. The van der Waals surface area contributed by atoms with Gasteiger partial charge in [-0.15, -0.1) is 0 Å². The summed E-state index contributed by atoms with van der Waals surface area (Å²) >= 11 is 0. The lowest BCUT2D eigenvalue weighted by Crippen LogP contribution is -2.13. The van der Waals surface area contributed by atoms with Gasteiger partial charge in [0.1, 0.15) is 5.82 Å². The van der Waals surface area contributed by atoms with Gasteiger partial charge in [-0.3, -0.25) is 9.89 Å². The van der Waals surface area contributed by atoms with Crippen LogP contribution in [0.4, 0.5) is 10.2 Å². The molecule has 1 aliphatic carbocycles. The van der Waals surface area contributed by atoms with E-state index < -0.39 is 0 Å². The van der Waals surface area contributed by atoms with Gasteiger partial charge in [-0.05, 0) is 36.6 Å². The Bertz CT molecular complexity index is 867. The van der Waals surface area contributed by atoms with Gasteiger partial charge in [0, 0.05) is 16.9 Å². The fourth-order valence-electron chi connectivity index (χ4n) is 2.54. The molecule has 0 spiro atoms. The number of fused-ring (bicyclic) bond motifs is 1. The number of nitrogens with one attached hydrogen (secondary N) is 2. The van der Waals surface area contributed by atoms with E-state index in [4.69, 9.17) is 0 Å². The molecule has 2 aromatic carbocycles. The van der Waals surface area contributed by atoms with Crippen LogP contribution in [-0.2, 0) is 4.79 Å². The second-order valence-electron chi connectivity index (χ2n) is 5.58. The Morgan fingerprint density at radius 3 is 2.82 bits per heavy atom. The maximum Gasteiger partial charge on any atom is 0.228 e. The third kappa shape index (κ3) is 2.24. The van der Waals surface area contributed by atoms with Gasteiger partial charge in [-0.25, -0.2) is 4.39 Å². The zero-order valence-electron chi connectivity index (χ0n) is 11.8. The molecule has 0 saturated heterocycles. The molecule has 0 unspecified atom stereocenters. The third-order valence-corrected chi connectivity index (χ3v) is 3.94. The normalized spacial score (nSPS) is 14.2. The summed E-state index contributed by atoms with van der Waals surface area (Å²) in [6, 6.07) is 12.2. The van der Waals surface area contributed by atoms with Crippen LogP contribution >= 0.6 is 0 Å². The van der Waals surface area contributed by atoms with Crippen molar-refractivity contribution in [1.82, 2.24) is 10.2 Å². The van der Waals surface area contributed by atoms with Gasteiger partial charge in [0.05, 0.1) is 5.52 Å². The molecule has 1 aromatic heterocycles. The van der Waals surface area contributed by atoms with Crippen molar-refractivity contribution in [2.75, 3.05) is 5.32 Å². The highest BCUT2D eigenvalue weighted by molar-refractivity contribution is 6.02. The third-order valence-electron chi connectivity index (χ3n) is 3.94. The van der Waals surface area contributed by atoms with E-state index in [1.54, 1.807) is 18.2 Å². The first kappa shape index (κ1) is 13.0. The quantitative estimate of drug-likeness (QED) is 0.773. The van der Waals surface area contributed by atoms with Gasteiger partial charge < -0.3 is 5.32 Å². The van der Waals surface area contributed by atoms with Gasteiger partial charge in [0.15, 0.2) is 5.82 Å². The fourth-order valence-corrected chi connectivity index (χ4v) is 2.54. The first-order valence-corrected chi connectivity index (χ1v) is 7.26. The summed E-state index contributed by atoms with van der Waals surface area (Å²) in [5.74, 6) is 0.423. The Morgan fingerprint density at radius 1 is 1.23 bits per heavy atom. The van der Waals surface area contributed by atoms with Crippen LogP contribution in [0.2, 0.25) is 0 Å². The molecular weight excluding hydrogens is 281 g/mol. The summed E-state index contributed by atoms with van der Waals surface area (Å²) in [4.78, 5) is 11.8. The number of hydrogen-bond donors (Lipinski definition) is 2. The first-order valence-electron chi connectivity index (χ1n) is 7.26. The molecule has 3 aromatic rings. The van der Waals surface area contributed by atoms with E-state index in [9.17, 15) is 9.18 Å². The van der Waals surface area contributed by atoms with Crippen LogP contribution in [0.1, 0.15) is 12.8 Å². The summed E-state index contributed by atoms with van der Waals surface area (Å²) in [5.41, 5.74) is 2.09. The summed E-state index contributed by atoms with van der Waals surface area (Å²) < 4.78 is 13.9. The number of anilines is 1. The summed E-state index contributed by atoms with van der Waals surface area (Å²) in [5, 5.41) is 10.7. The maximum atomic E-state index is 13.9. The number of nitrogens with zero attached hydrogens (tertiary/aromatic N) is 1. The molecule has 0 radical (unpaired) electrons. The molecule has 1 saturated carbocycles. The summed E-state index contributed by atoms with van der Waals surface area (Å²) in [6.07, 6.45) is 1.90. The molecule has 110 valence electrons. The van der Waals surface area contributed by atoms with E-state index in [-0.39, 0.29) is 17.6 Å². The molecule has 22 heavy (non-hydrogen) atoms. The zero-order valence-corrected chi connectivity index (χ0v) is 11.8. The molecule has 1 heterocycles. The Balaban J connectivity index is 1.70. The van der Waals surface area contributed by atoms with Crippen molar-refractivity contribution in [2.45, 2.75) is 12.8 Å². The number of halogens is 1. The lowest BCUT2D eigenvalue weighted by atomic mass is 10.0. The minimum atomic E-state index is -0.261. The number of carbonyl (C=O) groups is 1. The van der Waals surface area contributed by atoms with Gasteiger partial charge in [-0.1, -0.05) is 24.3 Å². The van der Waals surface area contributed by atoms with Crippen LogP contribution in [0.25, 0.3) is 22.0 Å². The number of carbonyl (C=O) groups excluding carboxylic acids is 1. The molecule has 4 rings (SSSR count). The number of benzene rings is 2. The molecule has 0 atom stereocenters. The highest BCUT2D eigenvalue weighted by Gasteiger charge is 2.30. The first-order chi connectivity index (χ1) is 10.7. The molecular formula is C17H14FN3O. The fraction of sp³-hybridized carbons (Fsp3) is 0.176. The number of H-pyrrole nitrogens is 1. The SMILES string of the molecule is O=C(Nc1n[nH]c2cc(-c3ccccc3F)ccc12)C1CC1. The van der Waals surface area contributed by atoms with E-state index in [2.05, 4.69) is 15.5 Å². The highest BCUT2D eigenvalue weighted by Crippen LogP contribution is 2.32. The molecule has 0 aliphatic heterocycles. The molecule has 4 nitrogen and oxygen atoms in total. The van der Waals surface area contributed by atoms with Gasteiger partial charge in [0.25, 0.3) is 0 Å². The van der Waals surface area contributed by atoms with Crippen molar-refractivity contribution in [1.29, 1.82) is 0 Å². The Morgan fingerprint density at radius 2 is 2.05 bits per heavy atom. The van der Waals surface area contributed by atoms with Crippen LogP contribution in [0.3, 0.4) is 0 Å². The van der Waals surface area contributed by atoms with E-state index >= 15 is 0 Å². The second-order valence-corrected chi connectivity index (χ2v) is 5.58. The van der Waals surface area contributed by atoms with Crippen molar-refractivity contribution in [2.24, 2.45) is 5.92 Å². The van der Waals surface area contributed by atoms with Crippen LogP contribution in [0.5, 0.6) is 0 Å². The van der Waals surface area contributed by atoms with Crippen molar-refractivity contribution >= 4 is 22.6 Å². The summed E-state index contributed by atoms with van der Waals surface area (Å²) in [7, 11) is 0. The number of hydrogen-bond acceptors (Lipinski definition) is 2. The predicted octanol–water partition coefficient (Wildman–Crippen LogP) is 3.72. The number of aromatic nitrogens is 2. The molecule has 1 fully saturated rings. The van der Waals surface area contributed by atoms with Gasteiger partial charge in [0.2, 0.25) is 5.91 Å². The van der Waals surface area contributed by atoms with Crippen LogP contribution in [0, 0.1) is 11.7 Å². The number of rotatable bonds is 3. The largest absolute Gasteiger partial charge is 0.308 e. The minimum Gasteiger partial charge on any atom is -0.308 e. The van der Waals surface area contributed by atoms with Crippen molar-refractivity contribution < 1.29 is 9.18 Å². The lowest BCUT2D eigenvalue weighted by Gasteiger charge is -2.04. The molecule has 5 heteroatoms. The van der Waals surface area contributed by atoms with E-state index in [1.807, 2.05) is 18.2 Å². The minimum absolute atomic E-state index is 0.0200. The van der Waals surface area contributed by atoms with Crippen LogP contribution in [0.15, 0.2) is 42.5 Å². The van der Waals surface area contributed by atoms with Gasteiger partial charge in [-0.2, -0.15) is 5.10 Å². The van der Waals surface area contributed by atoms with Gasteiger partial charge >= 0.3 is 0 Å². The predicted molar refractivity (Wildman–Crippen MR) is 82.8 cm³/mol. The Labute approximate surface area is 126 Å². The maximum absolute atomic E-state index is 13.9. The zero-order chi connectivity index (χ0) is 15.1. The highest BCUT2D eigenvalue weighted by atomic mass is 19.1. The molecule has 1 amide bonds. The second kappa shape index (κ2) is 4.94. The molecule has 1 aliphatic rings. The van der Waals surface area contributed by atoms with Crippen LogP contribution in [-0.4, -0.2) is 16.1 Å². The van der Waals surface area contributed by atoms with Crippen molar-refractivity contribution in [3.63, 3.8) is 0 Å². The van der Waals surface area contributed by atoms with E-state index in [0.29, 0.717) is 11.4 Å². The van der Waals surface area contributed by atoms with Crippen LogP contribution < -0.4 is 5.32 Å². The monoisotopic (exact) mass is 295 g/mol. The topological polar surface area (TPSA) is 57.8 Å². The lowest BCUT2D eigenvalue weighted by molar-refractivity contribution is -0.117. The van der Waals surface area contributed by atoms with Crippen molar-refractivity contribution in [3.8, 4) is 11.1 Å². The number of amides is 1. The average molecular weight is 295 g/mol. The van der Waals surface area contributed by atoms with Crippen molar-refractivity contribution in [3.05, 3.63) is 48.3 Å². The average Bonchev–Trinajstić information content (AvgIpc) is 3.31. The Hall–Kier alpha value is -2.69. The standard InChI is InChI=1S/C17H14FN3O/c18-14-4-2-1-3-12(14)11-7-8-13-15(9-11)20-21-16(13)19-17(22)10-5-6-10/h1-4,7-10H,5-6H2,(H2,19,20,21,22). The van der Waals surface area contributed by atoms with E-state index in [0.717, 1.165) is 29.3 Å². The Kier molecular flexibility index (Phi) is 2.92.